The predicted molar refractivity (Wildman–Crippen MR) is 76.5 cm³/mol. The van der Waals surface area contributed by atoms with Gasteiger partial charge in [-0.15, -0.1) is 0 Å². The molecule has 0 bridgehead atoms. The number of urea groups is 1. The number of barbiturate groups is 1. The van der Waals surface area contributed by atoms with E-state index in [0.717, 1.165) is 10.3 Å². The molecule has 1 aliphatic rings. The van der Waals surface area contributed by atoms with Gasteiger partial charge in [0.25, 0.3) is 0 Å². The molecule has 1 fully saturated rings. The van der Waals surface area contributed by atoms with E-state index in [4.69, 9.17) is 0 Å². The smallest absolute Gasteiger partial charge is 0.276 e. The molecule has 0 unspecified atom stereocenters. The van der Waals surface area contributed by atoms with Gasteiger partial charge in [0.15, 0.2) is 0 Å². The first kappa shape index (κ1) is 13.2. The van der Waals surface area contributed by atoms with E-state index in [9.17, 15) is 14.4 Å². The lowest BCUT2D eigenvalue weighted by Gasteiger charge is -2.34. The summed E-state index contributed by atoms with van der Waals surface area (Å²) in [7, 11) is 0. The van der Waals surface area contributed by atoms with Gasteiger partial charge in [0.1, 0.15) is 5.41 Å². The van der Waals surface area contributed by atoms with Crippen molar-refractivity contribution in [3.63, 3.8) is 0 Å². The third-order valence-corrected chi connectivity index (χ3v) is 3.63. The third-order valence-electron chi connectivity index (χ3n) is 3.63. The molecule has 1 aromatic heterocycles. The molecule has 3 rings (SSSR count). The van der Waals surface area contributed by atoms with Crippen molar-refractivity contribution in [3.05, 3.63) is 36.7 Å². The minimum atomic E-state index is -1.29. The largest absolute Gasteiger partial charge is 0.335 e. The predicted octanol–water partition coefficient (Wildman–Crippen LogP) is 1.84. The number of nitrogens with zero attached hydrogens (tertiary/aromatic N) is 2. The van der Waals surface area contributed by atoms with Crippen LogP contribution in [0.2, 0.25) is 0 Å². The Bertz CT molecular complexity index is 777. The van der Waals surface area contributed by atoms with E-state index in [1.54, 1.807) is 30.6 Å². The van der Waals surface area contributed by atoms with Crippen molar-refractivity contribution in [3.8, 4) is 0 Å². The average molecular weight is 283 g/mol. The van der Waals surface area contributed by atoms with Gasteiger partial charge in [0.2, 0.25) is 11.8 Å². The van der Waals surface area contributed by atoms with Crippen LogP contribution in [-0.2, 0) is 9.59 Å². The average Bonchev–Trinajstić information content (AvgIpc) is 2.46. The maximum atomic E-state index is 12.5. The molecule has 106 valence electrons. The molecule has 1 saturated heterocycles. The number of aromatic nitrogens is 1. The molecule has 2 heterocycles. The molecule has 2 aromatic rings. The van der Waals surface area contributed by atoms with Crippen LogP contribution in [0.3, 0.4) is 0 Å². The van der Waals surface area contributed by atoms with Crippen LogP contribution < -0.4 is 10.2 Å². The number of nitrogens with one attached hydrogen (secondary N) is 1. The number of rotatable bonds is 1. The van der Waals surface area contributed by atoms with Crippen molar-refractivity contribution < 1.29 is 14.4 Å². The Morgan fingerprint density at radius 3 is 2.67 bits per heavy atom. The number of hydrogen-bond donors (Lipinski definition) is 1. The summed E-state index contributed by atoms with van der Waals surface area (Å²) in [5.74, 6) is -1.14. The molecule has 6 heteroatoms. The van der Waals surface area contributed by atoms with Gasteiger partial charge in [0, 0.05) is 17.8 Å². The van der Waals surface area contributed by atoms with Crippen LogP contribution in [0.15, 0.2) is 36.7 Å². The Hall–Kier alpha value is -2.76. The lowest BCUT2D eigenvalue weighted by molar-refractivity contribution is -0.140. The zero-order chi connectivity index (χ0) is 15.2. The van der Waals surface area contributed by atoms with Gasteiger partial charge in [-0.1, -0.05) is 12.1 Å². The fourth-order valence-corrected chi connectivity index (χ4v) is 2.29. The molecule has 0 aliphatic carbocycles. The summed E-state index contributed by atoms with van der Waals surface area (Å²) in [6, 6.07) is 6.33. The Morgan fingerprint density at radius 1 is 1.14 bits per heavy atom. The van der Waals surface area contributed by atoms with E-state index in [0.29, 0.717) is 11.1 Å². The Labute approximate surface area is 120 Å². The second-order valence-corrected chi connectivity index (χ2v) is 5.40. The number of benzene rings is 1. The number of fused-ring (bicyclic) bond motifs is 1. The van der Waals surface area contributed by atoms with Crippen LogP contribution in [0, 0.1) is 5.41 Å². The van der Waals surface area contributed by atoms with Gasteiger partial charge >= 0.3 is 6.03 Å². The van der Waals surface area contributed by atoms with Gasteiger partial charge < -0.3 is 0 Å². The molecule has 21 heavy (non-hydrogen) atoms. The highest BCUT2D eigenvalue weighted by molar-refractivity contribution is 6.31. The van der Waals surface area contributed by atoms with E-state index in [2.05, 4.69) is 10.3 Å². The molecule has 0 saturated carbocycles. The molecular weight excluding hydrogens is 270 g/mol. The third kappa shape index (κ3) is 1.87. The molecular formula is C15H13N3O3. The highest BCUT2D eigenvalue weighted by Crippen LogP contribution is 2.32. The van der Waals surface area contributed by atoms with Crippen molar-refractivity contribution in [1.82, 2.24) is 10.3 Å². The maximum absolute atomic E-state index is 12.5. The quantitative estimate of drug-likeness (QED) is 0.810. The fraction of sp³-hybridized carbons (Fsp3) is 0.200. The van der Waals surface area contributed by atoms with Crippen LogP contribution in [0.25, 0.3) is 10.8 Å². The molecule has 1 aromatic carbocycles. The molecule has 0 atom stereocenters. The van der Waals surface area contributed by atoms with Crippen LogP contribution in [-0.4, -0.2) is 22.8 Å². The van der Waals surface area contributed by atoms with Crippen molar-refractivity contribution >= 4 is 34.3 Å². The minimum absolute atomic E-state index is 0.420. The molecule has 0 radical (unpaired) electrons. The van der Waals surface area contributed by atoms with Gasteiger partial charge in [-0.2, -0.15) is 0 Å². The molecule has 1 aliphatic heterocycles. The molecule has 4 amide bonds. The number of carbonyl (C=O) groups excluding carboxylic acids is 3. The number of hydrogen-bond acceptors (Lipinski definition) is 4. The highest BCUT2D eigenvalue weighted by Gasteiger charge is 2.47. The lowest BCUT2D eigenvalue weighted by Crippen LogP contribution is -2.62. The standard InChI is InChI=1S/C15H13N3O3/c1-15(2)12(19)17-14(21)18(13(15)20)11-5-3-4-9-6-7-16-8-10(9)11/h3-8H,1-2H3,(H,17,19,21). The van der Waals surface area contributed by atoms with E-state index in [1.165, 1.54) is 13.8 Å². The van der Waals surface area contributed by atoms with E-state index >= 15 is 0 Å². The lowest BCUT2D eigenvalue weighted by atomic mass is 9.88. The summed E-state index contributed by atoms with van der Waals surface area (Å²) in [5, 5.41) is 3.75. The Balaban J connectivity index is 2.20. The number of imide groups is 2. The van der Waals surface area contributed by atoms with Crippen LogP contribution in [0.1, 0.15) is 13.8 Å². The van der Waals surface area contributed by atoms with Crippen molar-refractivity contribution in [2.24, 2.45) is 5.41 Å². The maximum Gasteiger partial charge on any atom is 0.335 e. The fourth-order valence-electron chi connectivity index (χ4n) is 2.29. The van der Waals surface area contributed by atoms with Crippen molar-refractivity contribution in [2.75, 3.05) is 4.90 Å². The second kappa shape index (κ2) is 4.37. The number of amides is 4. The Kier molecular flexibility index (Phi) is 2.76. The molecule has 0 spiro atoms. The summed E-state index contributed by atoms with van der Waals surface area (Å²) < 4.78 is 0. The van der Waals surface area contributed by atoms with Crippen molar-refractivity contribution in [1.29, 1.82) is 0 Å². The minimum Gasteiger partial charge on any atom is -0.276 e. The second-order valence-electron chi connectivity index (χ2n) is 5.40. The zero-order valence-corrected chi connectivity index (χ0v) is 11.6. The number of carbonyl (C=O) groups is 3. The van der Waals surface area contributed by atoms with Gasteiger partial charge in [-0.05, 0) is 31.4 Å². The van der Waals surface area contributed by atoms with Gasteiger partial charge in [0.05, 0.1) is 5.69 Å². The molecule has 1 N–H and O–H groups in total. The van der Waals surface area contributed by atoms with Gasteiger partial charge in [-0.25, -0.2) is 9.69 Å². The Morgan fingerprint density at radius 2 is 1.90 bits per heavy atom. The summed E-state index contributed by atoms with van der Waals surface area (Å²) in [6.07, 6.45) is 3.23. The van der Waals surface area contributed by atoms with Crippen LogP contribution in [0.4, 0.5) is 10.5 Å². The van der Waals surface area contributed by atoms with Crippen molar-refractivity contribution in [2.45, 2.75) is 13.8 Å². The first-order valence-electron chi connectivity index (χ1n) is 6.45. The molecule has 6 nitrogen and oxygen atoms in total. The number of pyridine rings is 1. The van der Waals surface area contributed by atoms with Crippen LogP contribution >= 0.6 is 0 Å². The van der Waals surface area contributed by atoms with E-state index in [1.807, 2.05) is 6.07 Å². The highest BCUT2D eigenvalue weighted by atomic mass is 16.2. The topological polar surface area (TPSA) is 79.4 Å². The van der Waals surface area contributed by atoms with Gasteiger partial charge in [-0.3, -0.25) is 19.9 Å². The van der Waals surface area contributed by atoms with E-state index in [-0.39, 0.29) is 0 Å². The zero-order valence-electron chi connectivity index (χ0n) is 11.6. The monoisotopic (exact) mass is 283 g/mol. The van der Waals surface area contributed by atoms with Crippen LogP contribution in [0.5, 0.6) is 0 Å². The summed E-state index contributed by atoms with van der Waals surface area (Å²) in [6.45, 7) is 2.99. The summed E-state index contributed by atoms with van der Waals surface area (Å²) >= 11 is 0. The normalized spacial score (nSPS) is 18.0. The number of anilines is 1. The summed E-state index contributed by atoms with van der Waals surface area (Å²) in [5.41, 5.74) is -0.873. The SMILES string of the molecule is CC1(C)C(=O)NC(=O)N(c2cccc3ccncc23)C1=O. The first-order chi connectivity index (χ1) is 9.93. The first-order valence-corrected chi connectivity index (χ1v) is 6.45. The summed E-state index contributed by atoms with van der Waals surface area (Å²) in [4.78, 5) is 41.5. The van der Waals surface area contributed by atoms with E-state index < -0.39 is 23.3 Å².